The zero-order chi connectivity index (χ0) is 12.8. The lowest BCUT2D eigenvalue weighted by Gasteiger charge is -2.17. The molecule has 1 aromatic carbocycles. The summed E-state index contributed by atoms with van der Waals surface area (Å²) in [6.45, 7) is 6.73. The third-order valence-electron chi connectivity index (χ3n) is 2.33. The lowest BCUT2D eigenvalue weighted by Crippen LogP contribution is -2.25. The molecule has 3 nitrogen and oxygen atoms in total. The van der Waals surface area contributed by atoms with Crippen LogP contribution in [0, 0.1) is 5.92 Å². The number of rotatable bonds is 6. The predicted octanol–water partition coefficient (Wildman–Crippen LogP) is 2.81. The minimum Gasteiger partial charge on any atom is -0.489 e. The van der Waals surface area contributed by atoms with Crippen molar-refractivity contribution in [1.82, 2.24) is 0 Å². The Labute approximate surface area is 108 Å². The predicted molar refractivity (Wildman–Crippen MR) is 76.6 cm³/mol. The number of anilines is 1. The van der Waals surface area contributed by atoms with Crippen LogP contribution in [0.2, 0.25) is 0 Å². The minimum atomic E-state index is 0.158. The Hall–Kier alpha value is -1.29. The number of hydrogen-bond donors (Lipinski definition) is 2. The smallest absolute Gasteiger partial charge is 0.142 e. The molecule has 0 heterocycles. The van der Waals surface area contributed by atoms with Gasteiger partial charge in [0.1, 0.15) is 5.75 Å². The van der Waals surface area contributed by atoms with E-state index in [1.807, 2.05) is 45.0 Å². The number of para-hydroxylation sites is 2. The van der Waals surface area contributed by atoms with Crippen LogP contribution in [0.15, 0.2) is 24.3 Å². The highest BCUT2D eigenvalue weighted by atomic mass is 32.1. The zero-order valence-electron chi connectivity index (χ0n) is 10.6. The first kappa shape index (κ1) is 13.8. The summed E-state index contributed by atoms with van der Waals surface area (Å²) >= 11 is 4.94. The summed E-state index contributed by atoms with van der Waals surface area (Å²) in [5.41, 5.74) is 6.56. The Bertz CT molecular complexity index is 379. The maximum atomic E-state index is 5.71. The number of hydrogen-bond acceptors (Lipinski definition) is 3. The van der Waals surface area contributed by atoms with Crippen molar-refractivity contribution in [2.24, 2.45) is 11.7 Å². The fraction of sp³-hybridized carbons (Fsp3) is 0.462. The van der Waals surface area contributed by atoms with Crippen LogP contribution in [0.25, 0.3) is 0 Å². The molecule has 0 amide bonds. The van der Waals surface area contributed by atoms with Crippen molar-refractivity contribution >= 4 is 22.9 Å². The van der Waals surface area contributed by atoms with Crippen molar-refractivity contribution in [3.8, 4) is 5.75 Å². The summed E-state index contributed by atoms with van der Waals surface area (Å²) in [7, 11) is 0. The highest BCUT2D eigenvalue weighted by Crippen LogP contribution is 2.24. The van der Waals surface area contributed by atoms with Gasteiger partial charge in [-0.1, -0.05) is 31.3 Å². The summed E-state index contributed by atoms with van der Waals surface area (Å²) in [6, 6.07) is 7.87. The molecule has 1 atom stereocenters. The Morgan fingerprint density at radius 3 is 2.59 bits per heavy atom. The molecule has 1 rings (SSSR count). The van der Waals surface area contributed by atoms with E-state index in [0.717, 1.165) is 11.4 Å². The van der Waals surface area contributed by atoms with Crippen LogP contribution in [-0.4, -0.2) is 17.6 Å². The first-order chi connectivity index (χ1) is 8.00. The van der Waals surface area contributed by atoms with Crippen LogP contribution in [-0.2, 0) is 0 Å². The molecule has 0 bridgehead atoms. The van der Waals surface area contributed by atoms with E-state index in [2.05, 4.69) is 5.32 Å². The summed E-state index contributed by atoms with van der Waals surface area (Å²) < 4.78 is 5.71. The molecule has 0 saturated heterocycles. The van der Waals surface area contributed by atoms with Crippen LogP contribution in [0.5, 0.6) is 5.75 Å². The molecule has 1 aromatic rings. The Balaban J connectivity index is 2.66. The van der Waals surface area contributed by atoms with Gasteiger partial charge in [0.15, 0.2) is 0 Å². The van der Waals surface area contributed by atoms with Crippen LogP contribution < -0.4 is 15.8 Å². The van der Waals surface area contributed by atoms with Crippen molar-refractivity contribution in [3.63, 3.8) is 0 Å². The molecule has 0 aromatic heterocycles. The van der Waals surface area contributed by atoms with E-state index >= 15 is 0 Å². The minimum absolute atomic E-state index is 0.158. The van der Waals surface area contributed by atoms with Crippen LogP contribution in [0.3, 0.4) is 0 Å². The maximum Gasteiger partial charge on any atom is 0.142 e. The maximum absolute atomic E-state index is 5.71. The standard InChI is InChI=1S/C13H20N2OS/c1-9(2)16-12-7-5-4-6-11(12)15-8-10(3)13(14)17/h4-7,9-10,15H,8H2,1-3H3,(H2,14,17). The molecule has 3 N–H and O–H groups in total. The first-order valence-corrected chi connectivity index (χ1v) is 6.20. The van der Waals surface area contributed by atoms with Gasteiger partial charge in [0.25, 0.3) is 0 Å². The van der Waals surface area contributed by atoms with Gasteiger partial charge in [-0.05, 0) is 26.0 Å². The molecule has 1 unspecified atom stereocenters. The quantitative estimate of drug-likeness (QED) is 0.764. The van der Waals surface area contributed by atoms with Gasteiger partial charge in [0.05, 0.1) is 16.8 Å². The number of ether oxygens (including phenoxy) is 1. The second kappa shape index (κ2) is 6.45. The SMILES string of the molecule is CC(C)Oc1ccccc1NCC(C)C(N)=S. The van der Waals surface area contributed by atoms with Gasteiger partial charge < -0.3 is 15.8 Å². The highest BCUT2D eigenvalue weighted by molar-refractivity contribution is 7.80. The normalized spacial score (nSPS) is 12.2. The molecule has 0 aliphatic carbocycles. The molecule has 0 saturated carbocycles. The Morgan fingerprint density at radius 1 is 1.35 bits per heavy atom. The van der Waals surface area contributed by atoms with Crippen LogP contribution in [0.1, 0.15) is 20.8 Å². The molecular weight excluding hydrogens is 232 g/mol. The van der Waals surface area contributed by atoms with Crippen molar-refractivity contribution < 1.29 is 4.74 Å². The molecule has 0 spiro atoms. The van der Waals surface area contributed by atoms with Crippen molar-refractivity contribution in [1.29, 1.82) is 0 Å². The summed E-state index contributed by atoms with van der Waals surface area (Å²) in [5, 5.41) is 3.31. The van der Waals surface area contributed by atoms with Crippen molar-refractivity contribution in [3.05, 3.63) is 24.3 Å². The van der Waals surface area contributed by atoms with E-state index in [1.54, 1.807) is 0 Å². The third kappa shape index (κ3) is 4.61. The van der Waals surface area contributed by atoms with Crippen molar-refractivity contribution in [2.45, 2.75) is 26.9 Å². The fourth-order valence-electron chi connectivity index (χ4n) is 1.33. The molecular formula is C13H20N2OS. The number of nitrogens with one attached hydrogen (secondary N) is 1. The van der Waals surface area contributed by atoms with E-state index in [9.17, 15) is 0 Å². The first-order valence-electron chi connectivity index (χ1n) is 5.79. The lowest BCUT2D eigenvalue weighted by molar-refractivity contribution is 0.243. The van der Waals surface area contributed by atoms with E-state index in [-0.39, 0.29) is 12.0 Å². The van der Waals surface area contributed by atoms with Gasteiger partial charge in [-0.3, -0.25) is 0 Å². The van der Waals surface area contributed by atoms with Gasteiger partial charge in [-0.25, -0.2) is 0 Å². The van der Waals surface area contributed by atoms with Crippen LogP contribution in [0.4, 0.5) is 5.69 Å². The lowest BCUT2D eigenvalue weighted by atomic mass is 10.2. The molecule has 4 heteroatoms. The molecule has 17 heavy (non-hydrogen) atoms. The van der Waals surface area contributed by atoms with E-state index < -0.39 is 0 Å². The van der Waals surface area contributed by atoms with Gasteiger partial charge in [-0.2, -0.15) is 0 Å². The summed E-state index contributed by atoms with van der Waals surface area (Å²) in [5.74, 6) is 1.02. The van der Waals surface area contributed by atoms with E-state index in [4.69, 9.17) is 22.7 Å². The van der Waals surface area contributed by atoms with E-state index in [0.29, 0.717) is 11.5 Å². The highest BCUT2D eigenvalue weighted by Gasteiger charge is 2.08. The third-order valence-corrected chi connectivity index (χ3v) is 2.74. The molecule has 94 valence electrons. The largest absolute Gasteiger partial charge is 0.489 e. The molecule has 0 radical (unpaired) electrons. The van der Waals surface area contributed by atoms with Gasteiger partial charge in [-0.15, -0.1) is 0 Å². The van der Waals surface area contributed by atoms with Gasteiger partial charge in [0.2, 0.25) is 0 Å². The molecule has 0 fully saturated rings. The zero-order valence-corrected chi connectivity index (χ0v) is 11.4. The van der Waals surface area contributed by atoms with Crippen molar-refractivity contribution in [2.75, 3.05) is 11.9 Å². The summed E-state index contributed by atoms with van der Waals surface area (Å²) in [6.07, 6.45) is 0.158. The number of nitrogens with two attached hydrogens (primary N) is 1. The Morgan fingerprint density at radius 2 is 2.00 bits per heavy atom. The van der Waals surface area contributed by atoms with Gasteiger partial charge >= 0.3 is 0 Å². The van der Waals surface area contributed by atoms with Gasteiger partial charge in [0, 0.05) is 12.5 Å². The monoisotopic (exact) mass is 252 g/mol. The topological polar surface area (TPSA) is 47.3 Å². The number of thiocarbonyl (C=S) groups is 1. The summed E-state index contributed by atoms with van der Waals surface area (Å²) in [4.78, 5) is 0.528. The fourth-order valence-corrected chi connectivity index (χ4v) is 1.42. The van der Waals surface area contributed by atoms with E-state index in [1.165, 1.54) is 0 Å². The van der Waals surface area contributed by atoms with Crippen LogP contribution >= 0.6 is 12.2 Å². The molecule has 0 aliphatic rings. The second-order valence-electron chi connectivity index (χ2n) is 4.35. The molecule has 0 aliphatic heterocycles. The Kier molecular flexibility index (Phi) is 5.22. The average Bonchev–Trinajstić information content (AvgIpc) is 2.26. The number of benzene rings is 1. The average molecular weight is 252 g/mol. The second-order valence-corrected chi connectivity index (χ2v) is 4.82.